The summed E-state index contributed by atoms with van der Waals surface area (Å²) in [4.78, 5) is 0. The van der Waals surface area contributed by atoms with Crippen molar-refractivity contribution in [3.63, 3.8) is 0 Å². The number of hydrogen-bond donors (Lipinski definition) is 0. The van der Waals surface area contributed by atoms with Crippen molar-refractivity contribution in [1.29, 1.82) is 0 Å². The Labute approximate surface area is 83.1 Å². The van der Waals surface area contributed by atoms with E-state index in [1.807, 2.05) is 0 Å². The van der Waals surface area contributed by atoms with E-state index < -0.39 is 0 Å². The van der Waals surface area contributed by atoms with Gasteiger partial charge in [0.1, 0.15) is 0 Å². The van der Waals surface area contributed by atoms with Gasteiger partial charge in [0.25, 0.3) is 0 Å². The molecule has 0 heteroatoms. The summed E-state index contributed by atoms with van der Waals surface area (Å²) in [5.41, 5.74) is 0.789. The van der Waals surface area contributed by atoms with Crippen LogP contribution in [-0.4, -0.2) is 0 Å². The van der Waals surface area contributed by atoms with Gasteiger partial charge in [-0.15, -0.1) is 5.92 Å². The van der Waals surface area contributed by atoms with Crippen molar-refractivity contribution < 1.29 is 0 Å². The maximum absolute atomic E-state index is 3.37. The minimum atomic E-state index is 0.179. The first kappa shape index (κ1) is 10.6. The Morgan fingerprint density at radius 2 is 1.85 bits per heavy atom. The normalized spacial score (nSPS) is 20.0. The Bertz CT molecular complexity index is 209. The fourth-order valence-corrected chi connectivity index (χ4v) is 1.83. The summed E-state index contributed by atoms with van der Waals surface area (Å²) in [6, 6.07) is 0. The van der Waals surface area contributed by atoms with Crippen LogP contribution in [0.15, 0.2) is 0 Å². The molecule has 0 aromatic rings. The molecule has 0 aromatic carbocycles. The highest BCUT2D eigenvalue weighted by atomic mass is 14.4. The lowest BCUT2D eigenvalue weighted by Crippen LogP contribution is -2.27. The monoisotopic (exact) mass is 178 g/mol. The standard InChI is InChI=1S/C13H22/c1-5-13(10-7-11-13)9-6-8-12(2,3)4/h5,7,9-11H2,1-4H3. The second kappa shape index (κ2) is 3.74. The quantitative estimate of drug-likeness (QED) is 0.560. The van der Waals surface area contributed by atoms with Crippen molar-refractivity contribution in [3.05, 3.63) is 0 Å². The molecule has 1 aliphatic rings. The molecular weight excluding hydrogens is 156 g/mol. The van der Waals surface area contributed by atoms with Gasteiger partial charge in [-0.1, -0.05) is 19.3 Å². The number of hydrogen-bond acceptors (Lipinski definition) is 0. The maximum atomic E-state index is 3.37. The van der Waals surface area contributed by atoms with Crippen LogP contribution >= 0.6 is 0 Å². The SMILES string of the molecule is CCC1(CC#CC(C)(C)C)CCC1. The van der Waals surface area contributed by atoms with Crippen molar-refractivity contribution in [3.8, 4) is 11.8 Å². The summed E-state index contributed by atoms with van der Waals surface area (Å²) >= 11 is 0. The van der Waals surface area contributed by atoms with E-state index in [1.165, 1.54) is 25.7 Å². The van der Waals surface area contributed by atoms with Gasteiger partial charge in [0.2, 0.25) is 0 Å². The van der Waals surface area contributed by atoms with Crippen molar-refractivity contribution >= 4 is 0 Å². The molecule has 0 amide bonds. The lowest BCUT2D eigenvalue weighted by molar-refractivity contribution is 0.134. The van der Waals surface area contributed by atoms with Gasteiger partial charge in [0.15, 0.2) is 0 Å². The molecule has 1 fully saturated rings. The second-order valence-corrected chi connectivity index (χ2v) is 5.44. The van der Waals surface area contributed by atoms with Crippen LogP contribution in [0.3, 0.4) is 0 Å². The second-order valence-electron chi connectivity index (χ2n) is 5.44. The highest BCUT2D eigenvalue weighted by molar-refractivity contribution is 5.10. The smallest absolute Gasteiger partial charge is 0.0230 e. The summed E-state index contributed by atoms with van der Waals surface area (Å²) in [6.45, 7) is 8.84. The van der Waals surface area contributed by atoms with E-state index in [-0.39, 0.29) is 5.41 Å². The Morgan fingerprint density at radius 1 is 1.23 bits per heavy atom. The zero-order chi connectivity index (χ0) is 9.95. The van der Waals surface area contributed by atoms with E-state index in [0.29, 0.717) is 5.41 Å². The molecular formula is C13H22. The van der Waals surface area contributed by atoms with Gasteiger partial charge in [0, 0.05) is 11.8 Å². The molecule has 0 radical (unpaired) electrons. The third-order valence-corrected chi connectivity index (χ3v) is 3.09. The van der Waals surface area contributed by atoms with E-state index in [9.17, 15) is 0 Å². The number of rotatable bonds is 2. The van der Waals surface area contributed by atoms with Crippen LogP contribution in [0.4, 0.5) is 0 Å². The zero-order valence-electron chi connectivity index (χ0n) is 9.54. The lowest BCUT2D eigenvalue weighted by Gasteiger charge is -2.39. The van der Waals surface area contributed by atoms with Crippen LogP contribution < -0.4 is 0 Å². The topological polar surface area (TPSA) is 0 Å². The average molecular weight is 178 g/mol. The van der Waals surface area contributed by atoms with Gasteiger partial charge in [-0.05, 0) is 45.4 Å². The van der Waals surface area contributed by atoms with Crippen molar-refractivity contribution in [2.75, 3.05) is 0 Å². The van der Waals surface area contributed by atoms with Gasteiger partial charge in [-0.25, -0.2) is 0 Å². The molecule has 0 N–H and O–H groups in total. The molecule has 0 heterocycles. The molecule has 1 aliphatic carbocycles. The largest absolute Gasteiger partial charge is 0.102 e. The van der Waals surface area contributed by atoms with Gasteiger partial charge in [-0.2, -0.15) is 0 Å². The Balaban J connectivity index is 2.43. The van der Waals surface area contributed by atoms with Crippen LogP contribution in [-0.2, 0) is 0 Å². The molecule has 0 bridgehead atoms. The summed E-state index contributed by atoms with van der Waals surface area (Å²) < 4.78 is 0. The fourth-order valence-electron chi connectivity index (χ4n) is 1.83. The Kier molecular flexibility index (Phi) is 3.06. The minimum Gasteiger partial charge on any atom is -0.102 e. The highest BCUT2D eigenvalue weighted by Crippen LogP contribution is 2.46. The molecule has 0 aromatic heterocycles. The summed E-state index contributed by atoms with van der Waals surface area (Å²) in [7, 11) is 0. The molecule has 74 valence electrons. The van der Waals surface area contributed by atoms with E-state index in [2.05, 4.69) is 39.5 Å². The zero-order valence-corrected chi connectivity index (χ0v) is 9.54. The fraction of sp³-hybridized carbons (Fsp3) is 0.846. The van der Waals surface area contributed by atoms with Gasteiger partial charge >= 0.3 is 0 Å². The van der Waals surface area contributed by atoms with Crippen LogP contribution in [0.2, 0.25) is 0 Å². The molecule has 0 nitrogen and oxygen atoms in total. The lowest BCUT2D eigenvalue weighted by atomic mass is 9.65. The third-order valence-electron chi connectivity index (χ3n) is 3.09. The molecule has 0 saturated heterocycles. The predicted molar refractivity (Wildman–Crippen MR) is 58.4 cm³/mol. The van der Waals surface area contributed by atoms with E-state index >= 15 is 0 Å². The predicted octanol–water partition coefficient (Wildman–Crippen LogP) is 4.01. The Hall–Kier alpha value is -0.440. The minimum absolute atomic E-state index is 0.179. The summed E-state index contributed by atoms with van der Waals surface area (Å²) in [5, 5.41) is 0. The van der Waals surface area contributed by atoms with Gasteiger partial charge in [0.05, 0.1) is 0 Å². The average Bonchev–Trinajstić information content (AvgIpc) is 1.92. The first-order valence-electron chi connectivity index (χ1n) is 5.47. The third kappa shape index (κ3) is 3.07. The first-order chi connectivity index (χ1) is 5.97. The Morgan fingerprint density at radius 3 is 2.15 bits per heavy atom. The van der Waals surface area contributed by atoms with Gasteiger partial charge in [-0.3, -0.25) is 0 Å². The molecule has 0 unspecified atom stereocenters. The summed E-state index contributed by atoms with van der Waals surface area (Å²) in [6.07, 6.45) is 6.67. The maximum Gasteiger partial charge on any atom is 0.0230 e. The van der Waals surface area contributed by atoms with E-state index in [4.69, 9.17) is 0 Å². The van der Waals surface area contributed by atoms with Crippen molar-refractivity contribution in [1.82, 2.24) is 0 Å². The molecule has 1 rings (SSSR count). The first-order valence-corrected chi connectivity index (χ1v) is 5.47. The van der Waals surface area contributed by atoms with Crippen molar-refractivity contribution in [2.24, 2.45) is 10.8 Å². The molecule has 0 atom stereocenters. The molecule has 0 spiro atoms. The molecule has 13 heavy (non-hydrogen) atoms. The molecule has 1 saturated carbocycles. The van der Waals surface area contributed by atoms with Crippen LogP contribution in [0, 0.1) is 22.7 Å². The van der Waals surface area contributed by atoms with E-state index in [1.54, 1.807) is 0 Å². The highest BCUT2D eigenvalue weighted by Gasteiger charge is 2.33. The van der Waals surface area contributed by atoms with E-state index in [0.717, 1.165) is 6.42 Å². The molecule has 0 aliphatic heterocycles. The summed E-state index contributed by atoms with van der Waals surface area (Å²) in [5.74, 6) is 6.70. The van der Waals surface area contributed by atoms with Crippen molar-refractivity contribution in [2.45, 2.75) is 59.8 Å². The van der Waals surface area contributed by atoms with Crippen LogP contribution in [0.25, 0.3) is 0 Å². The van der Waals surface area contributed by atoms with Crippen LogP contribution in [0.1, 0.15) is 59.8 Å². The van der Waals surface area contributed by atoms with Crippen LogP contribution in [0.5, 0.6) is 0 Å². The van der Waals surface area contributed by atoms with Gasteiger partial charge < -0.3 is 0 Å².